The lowest BCUT2D eigenvalue weighted by Crippen LogP contribution is -2.51. The van der Waals surface area contributed by atoms with Crippen molar-refractivity contribution in [2.75, 3.05) is 44.2 Å². The number of aromatic nitrogens is 2. The number of anilines is 1. The Morgan fingerprint density at radius 2 is 1.73 bits per heavy atom. The quantitative estimate of drug-likeness (QED) is 0.257. The monoisotopic (exact) mass is 649 g/mol. The number of hydrogen-bond acceptors (Lipinski definition) is 8. The molecule has 1 aromatic heterocycles. The zero-order chi connectivity index (χ0) is 32.7. The van der Waals surface area contributed by atoms with Gasteiger partial charge in [0, 0.05) is 78.4 Å². The molecule has 4 heterocycles. The number of phenols is 1. The SMILES string of the molecule is C#Cc1c(F)ccc2cc(O)cc(-c3ccc4c(N5CC6CCC(C5)N6)nc(OCC5(CN6CC7CCC(C6)C7=O)CC5)nc4c3F)c12. The van der Waals surface area contributed by atoms with Gasteiger partial charge in [0.05, 0.1) is 12.2 Å². The Labute approximate surface area is 277 Å². The van der Waals surface area contributed by atoms with E-state index >= 15 is 4.39 Å². The van der Waals surface area contributed by atoms with Crippen molar-refractivity contribution in [1.29, 1.82) is 0 Å². The number of phenolic OH excluding ortho intramolecular Hbond substituents is 1. The van der Waals surface area contributed by atoms with Gasteiger partial charge in [0.15, 0.2) is 5.82 Å². The molecular weight excluding hydrogens is 612 g/mol. The molecule has 2 N–H and O–H groups in total. The number of ether oxygens (including phenoxy) is 1. The number of carbonyl (C=O) groups is 1. The number of rotatable bonds is 7. The number of Topliss-reactive ketones (excluding diaryl/α,β-unsaturated/α-hetero) is 1. The van der Waals surface area contributed by atoms with E-state index in [2.05, 4.69) is 26.0 Å². The number of likely N-dealkylation sites (tertiary alicyclic amines) is 1. The molecule has 8 nitrogen and oxygen atoms in total. The van der Waals surface area contributed by atoms with Gasteiger partial charge in [-0.1, -0.05) is 18.1 Å². The number of ketones is 1. The average Bonchev–Trinajstić information content (AvgIpc) is 3.72. The maximum atomic E-state index is 16.9. The summed E-state index contributed by atoms with van der Waals surface area (Å²) in [6.07, 6.45) is 11.9. The first kappa shape index (κ1) is 29.8. The fourth-order valence-electron chi connectivity index (χ4n) is 8.81. The van der Waals surface area contributed by atoms with Gasteiger partial charge < -0.3 is 25.0 Å². The normalized spacial score (nSPS) is 25.9. The Morgan fingerprint density at radius 3 is 2.44 bits per heavy atom. The van der Waals surface area contributed by atoms with Gasteiger partial charge in [-0.25, -0.2) is 8.78 Å². The molecule has 4 unspecified atom stereocenters. The molecule has 0 amide bonds. The summed E-state index contributed by atoms with van der Waals surface area (Å²) < 4.78 is 38.2. The number of hydrogen-bond donors (Lipinski definition) is 2. The van der Waals surface area contributed by atoms with Crippen LogP contribution in [0.1, 0.15) is 44.1 Å². The largest absolute Gasteiger partial charge is 0.508 e. The van der Waals surface area contributed by atoms with Gasteiger partial charge in [-0.15, -0.1) is 6.42 Å². The minimum absolute atomic E-state index is 0.00602. The summed E-state index contributed by atoms with van der Waals surface area (Å²) >= 11 is 0. The fraction of sp³-hybridized carbons (Fsp3) is 0.447. The third-order valence-corrected chi connectivity index (χ3v) is 11.4. The molecule has 5 aliphatic rings. The predicted molar refractivity (Wildman–Crippen MR) is 179 cm³/mol. The third-order valence-electron chi connectivity index (χ3n) is 11.4. The van der Waals surface area contributed by atoms with Crippen molar-refractivity contribution in [1.82, 2.24) is 20.2 Å². The van der Waals surface area contributed by atoms with Crippen LogP contribution in [-0.2, 0) is 4.79 Å². The van der Waals surface area contributed by atoms with Crippen molar-refractivity contribution in [2.24, 2.45) is 17.3 Å². The smallest absolute Gasteiger partial charge is 0.319 e. The van der Waals surface area contributed by atoms with Gasteiger partial charge in [0.25, 0.3) is 0 Å². The summed E-state index contributed by atoms with van der Waals surface area (Å²) in [6, 6.07) is 9.91. The number of fused-ring (bicyclic) bond motifs is 6. The van der Waals surface area contributed by atoms with Crippen LogP contribution < -0.4 is 15.0 Å². The maximum Gasteiger partial charge on any atom is 0.319 e. The second-order valence-corrected chi connectivity index (χ2v) is 14.7. The molecule has 4 atom stereocenters. The Hall–Kier alpha value is -4.33. The summed E-state index contributed by atoms with van der Waals surface area (Å²) in [6.45, 7) is 4.41. The van der Waals surface area contributed by atoms with Gasteiger partial charge in [0.1, 0.15) is 28.7 Å². The molecule has 0 radical (unpaired) electrons. The summed E-state index contributed by atoms with van der Waals surface area (Å²) in [5.41, 5.74) is 0.499. The average molecular weight is 650 g/mol. The molecule has 2 aliphatic carbocycles. The lowest BCUT2D eigenvalue weighted by Gasteiger charge is -2.34. The highest BCUT2D eigenvalue weighted by Crippen LogP contribution is 2.48. The lowest BCUT2D eigenvalue weighted by atomic mass is 9.93. The maximum absolute atomic E-state index is 16.9. The number of nitrogens with zero attached hydrogens (tertiary/aromatic N) is 4. The summed E-state index contributed by atoms with van der Waals surface area (Å²) in [5.74, 6) is 2.51. The molecule has 3 aliphatic heterocycles. The molecule has 9 rings (SSSR count). The number of nitrogens with one attached hydrogen (secondary N) is 1. The first-order valence-corrected chi connectivity index (χ1v) is 17.1. The van der Waals surface area contributed by atoms with E-state index in [1.807, 2.05) is 0 Å². The molecule has 5 fully saturated rings. The van der Waals surface area contributed by atoms with E-state index in [0.717, 1.165) is 71.2 Å². The highest BCUT2D eigenvalue weighted by atomic mass is 19.1. The zero-order valence-electron chi connectivity index (χ0n) is 26.6. The molecule has 48 heavy (non-hydrogen) atoms. The lowest BCUT2D eigenvalue weighted by molar-refractivity contribution is -0.127. The number of aromatic hydroxyl groups is 1. The molecule has 10 heteroatoms. The van der Waals surface area contributed by atoms with Crippen LogP contribution in [0.25, 0.3) is 32.8 Å². The summed E-state index contributed by atoms with van der Waals surface area (Å²) in [7, 11) is 0. The van der Waals surface area contributed by atoms with Crippen molar-refractivity contribution in [3.8, 4) is 35.2 Å². The number of piperidine rings is 1. The molecule has 246 valence electrons. The first-order valence-electron chi connectivity index (χ1n) is 17.1. The second-order valence-electron chi connectivity index (χ2n) is 14.7. The van der Waals surface area contributed by atoms with Crippen LogP contribution in [0.4, 0.5) is 14.6 Å². The van der Waals surface area contributed by atoms with Gasteiger partial charge >= 0.3 is 6.01 Å². The van der Waals surface area contributed by atoms with Crippen LogP contribution >= 0.6 is 0 Å². The van der Waals surface area contributed by atoms with Gasteiger partial charge in [-0.2, -0.15) is 9.97 Å². The van der Waals surface area contributed by atoms with E-state index in [1.54, 1.807) is 12.1 Å². The Balaban J connectivity index is 1.10. The van der Waals surface area contributed by atoms with Crippen LogP contribution in [0.15, 0.2) is 36.4 Å². The highest BCUT2D eigenvalue weighted by molar-refractivity contribution is 6.04. The predicted octanol–water partition coefficient (Wildman–Crippen LogP) is 5.43. The van der Waals surface area contributed by atoms with Crippen LogP contribution in [-0.4, -0.2) is 77.2 Å². The second kappa shape index (κ2) is 11.1. The van der Waals surface area contributed by atoms with E-state index in [0.29, 0.717) is 46.5 Å². The van der Waals surface area contributed by atoms with Crippen LogP contribution in [0.3, 0.4) is 0 Å². The molecule has 4 bridgehead atoms. The minimum atomic E-state index is -0.618. The van der Waals surface area contributed by atoms with Crippen LogP contribution in [0.2, 0.25) is 0 Å². The minimum Gasteiger partial charge on any atom is -0.508 e. The fourth-order valence-corrected chi connectivity index (χ4v) is 8.81. The van der Waals surface area contributed by atoms with E-state index in [1.165, 1.54) is 24.3 Å². The Morgan fingerprint density at radius 1 is 0.979 bits per heavy atom. The Kier molecular flexibility index (Phi) is 6.89. The van der Waals surface area contributed by atoms with Crippen molar-refractivity contribution in [3.63, 3.8) is 0 Å². The van der Waals surface area contributed by atoms with Gasteiger partial charge in [-0.3, -0.25) is 4.79 Å². The molecule has 0 spiro atoms. The van der Waals surface area contributed by atoms with Crippen molar-refractivity contribution in [3.05, 3.63) is 53.6 Å². The molecule has 2 saturated carbocycles. The zero-order valence-corrected chi connectivity index (χ0v) is 26.6. The van der Waals surface area contributed by atoms with Crippen LogP contribution in [0, 0.1) is 41.2 Å². The van der Waals surface area contributed by atoms with E-state index in [-0.39, 0.29) is 51.2 Å². The van der Waals surface area contributed by atoms with E-state index in [4.69, 9.17) is 16.1 Å². The molecule has 3 saturated heterocycles. The number of benzene rings is 3. The van der Waals surface area contributed by atoms with Crippen molar-refractivity contribution < 1.29 is 23.4 Å². The number of carbonyl (C=O) groups excluding carboxylic acids is 1. The first-order chi connectivity index (χ1) is 23.3. The Bertz CT molecular complexity index is 2010. The molecule has 3 aromatic carbocycles. The third kappa shape index (κ3) is 4.98. The standard InChI is InChI=1S/C38H37F2N5O3/c1-2-27-31(39)10-5-21-13-26(46)14-30(32(21)27)28-8-9-29-34(33(28)40)42-37(43-36(29)45-17-24-6-7-25(18-45)41-24)48-20-38(11-12-38)19-44-15-22-3-4-23(16-44)35(22)47/h1,5,8-10,13-14,22-25,41,46H,3-4,6-7,11-12,15-20H2. The molecular formula is C38H37F2N5O3. The van der Waals surface area contributed by atoms with Gasteiger partial charge in [0.2, 0.25) is 0 Å². The summed E-state index contributed by atoms with van der Waals surface area (Å²) in [5, 5.41) is 15.7. The summed E-state index contributed by atoms with van der Waals surface area (Å²) in [4.78, 5) is 26.7. The van der Waals surface area contributed by atoms with E-state index < -0.39 is 11.6 Å². The number of halogens is 2. The molecule has 4 aromatic rings. The number of terminal acetylenes is 1. The highest BCUT2D eigenvalue weighted by Gasteiger charge is 2.48. The van der Waals surface area contributed by atoms with Crippen LogP contribution in [0.5, 0.6) is 11.8 Å². The van der Waals surface area contributed by atoms with E-state index in [9.17, 15) is 14.3 Å². The van der Waals surface area contributed by atoms with Crippen molar-refractivity contribution in [2.45, 2.75) is 50.6 Å². The van der Waals surface area contributed by atoms with Gasteiger partial charge in [-0.05, 0) is 73.7 Å². The number of piperazine rings is 1. The topological polar surface area (TPSA) is 90.8 Å². The van der Waals surface area contributed by atoms with Crippen molar-refractivity contribution >= 4 is 33.3 Å².